The largest absolute Gasteiger partial charge is 0.475 e. The van der Waals surface area contributed by atoms with Crippen LogP contribution in [0, 0.1) is 19.3 Å². The molecule has 2 atom stereocenters. The molecule has 2 aromatic carbocycles. The standard InChI is InChI=1S/C38H47N7O4S/c1-7-29-14-10-18-44(29)33-22-39-21-28(40-33)23-45-30(16-17-38(4,5)6)24-49-34-20-32(35-25(2)11-8-12-26(35)3)41-37(42-34)43-50(47,48)31-15-9-13-27(19-31)36(45)46/h8-9,11-13,15,19-22,29-30H,7,10,14,16-18,23-24H2,1-6H3,(H,41,42,43)/t29-,30-/m1/s1. The number of anilines is 2. The quantitative estimate of drug-likeness (QED) is 0.218. The maximum absolute atomic E-state index is 14.6. The minimum atomic E-state index is -4.17. The van der Waals surface area contributed by atoms with E-state index in [2.05, 4.69) is 52.3 Å². The Kier molecular flexibility index (Phi) is 10.1. The number of sulfonamides is 1. The van der Waals surface area contributed by atoms with Crippen LogP contribution in [0.15, 0.2) is 65.8 Å². The Morgan fingerprint density at radius 3 is 2.48 bits per heavy atom. The van der Waals surface area contributed by atoms with Gasteiger partial charge in [-0.25, -0.2) is 23.1 Å². The molecule has 0 aliphatic carbocycles. The lowest BCUT2D eigenvalue weighted by Crippen LogP contribution is -2.44. The smallest absolute Gasteiger partial charge is 0.264 e. The highest BCUT2D eigenvalue weighted by Crippen LogP contribution is 2.32. The van der Waals surface area contributed by atoms with Crippen molar-refractivity contribution in [3.05, 3.63) is 83.3 Å². The highest BCUT2D eigenvalue weighted by atomic mass is 32.2. The number of hydrogen-bond donors (Lipinski definition) is 1. The van der Waals surface area contributed by atoms with Crippen molar-refractivity contribution in [2.24, 2.45) is 5.41 Å². The number of fused-ring (bicyclic) bond motifs is 4. The van der Waals surface area contributed by atoms with Gasteiger partial charge >= 0.3 is 0 Å². The van der Waals surface area contributed by atoms with Crippen molar-refractivity contribution in [1.82, 2.24) is 24.8 Å². The average Bonchev–Trinajstić information content (AvgIpc) is 3.56. The summed E-state index contributed by atoms with van der Waals surface area (Å²) in [6.07, 6.45) is 8.17. The molecule has 11 nitrogen and oxygen atoms in total. The van der Waals surface area contributed by atoms with Crippen molar-refractivity contribution in [3.63, 3.8) is 0 Å². The Balaban J connectivity index is 1.46. The molecule has 4 aromatic rings. The Bertz CT molecular complexity index is 1960. The van der Waals surface area contributed by atoms with E-state index in [0.717, 1.165) is 54.7 Å². The van der Waals surface area contributed by atoms with Crippen molar-refractivity contribution in [3.8, 4) is 17.1 Å². The molecule has 0 saturated carbocycles. The molecule has 50 heavy (non-hydrogen) atoms. The van der Waals surface area contributed by atoms with Crippen molar-refractivity contribution in [1.29, 1.82) is 0 Å². The Hall–Kier alpha value is -4.58. The third-order valence-electron chi connectivity index (χ3n) is 9.56. The van der Waals surface area contributed by atoms with Gasteiger partial charge in [0, 0.05) is 29.8 Å². The van der Waals surface area contributed by atoms with Crippen LogP contribution in [0.1, 0.15) is 87.0 Å². The number of aryl methyl sites for hydroxylation is 2. The molecule has 0 unspecified atom stereocenters. The summed E-state index contributed by atoms with van der Waals surface area (Å²) in [6.45, 7) is 13.9. The maximum atomic E-state index is 14.6. The molecule has 1 saturated heterocycles. The van der Waals surface area contributed by atoms with Crippen molar-refractivity contribution in [2.75, 3.05) is 22.8 Å². The van der Waals surface area contributed by atoms with Crippen LogP contribution in [0.2, 0.25) is 0 Å². The number of hydrogen-bond acceptors (Lipinski definition) is 9. The number of nitrogens with zero attached hydrogens (tertiary/aromatic N) is 6. The number of aromatic nitrogens is 4. The molecule has 1 amide bonds. The first-order valence-corrected chi connectivity index (χ1v) is 18.9. The molecular formula is C38H47N7O4S. The highest BCUT2D eigenvalue weighted by molar-refractivity contribution is 7.92. The molecule has 6 rings (SSSR count). The number of ether oxygens (including phenoxy) is 1. The van der Waals surface area contributed by atoms with E-state index in [9.17, 15) is 13.2 Å². The number of benzene rings is 2. The van der Waals surface area contributed by atoms with E-state index in [-0.39, 0.29) is 46.8 Å². The first-order valence-electron chi connectivity index (χ1n) is 17.4. The molecule has 1 N–H and O–H groups in total. The third-order valence-corrected chi connectivity index (χ3v) is 10.9. The van der Waals surface area contributed by atoms with Gasteiger partial charge in [-0.3, -0.25) is 9.78 Å². The number of carbonyl (C=O) groups excluding carboxylic acids is 1. The van der Waals surface area contributed by atoms with Crippen LogP contribution in [0.5, 0.6) is 5.88 Å². The van der Waals surface area contributed by atoms with Gasteiger partial charge in [0.15, 0.2) is 0 Å². The predicted octanol–water partition coefficient (Wildman–Crippen LogP) is 6.96. The van der Waals surface area contributed by atoms with E-state index in [1.54, 1.807) is 35.5 Å². The average molecular weight is 698 g/mol. The second-order valence-electron chi connectivity index (χ2n) is 14.6. The maximum Gasteiger partial charge on any atom is 0.264 e. The lowest BCUT2D eigenvalue weighted by molar-refractivity contribution is 0.0549. The molecule has 1 fully saturated rings. The zero-order valence-corrected chi connectivity index (χ0v) is 30.6. The van der Waals surface area contributed by atoms with Crippen molar-refractivity contribution < 1.29 is 17.9 Å². The predicted molar refractivity (Wildman–Crippen MR) is 195 cm³/mol. The summed E-state index contributed by atoms with van der Waals surface area (Å²) in [5, 5.41) is 0. The fraction of sp³-hybridized carbons (Fsp3) is 0.447. The van der Waals surface area contributed by atoms with Gasteiger partial charge < -0.3 is 14.5 Å². The summed E-state index contributed by atoms with van der Waals surface area (Å²) in [6, 6.07) is 13.8. The number of rotatable bonds is 7. The van der Waals surface area contributed by atoms with Gasteiger partial charge in [0.2, 0.25) is 11.8 Å². The van der Waals surface area contributed by atoms with E-state index < -0.39 is 16.1 Å². The molecule has 0 radical (unpaired) electrons. The second kappa shape index (κ2) is 14.3. The van der Waals surface area contributed by atoms with Gasteiger partial charge in [0.05, 0.1) is 41.3 Å². The third kappa shape index (κ3) is 7.90. The zero-order valence-electron chi connectivity index (χ0n) is 29.8. The molecule has 4 heterocycles. The summed E-state index contributed by atoms with van der Waals surface area (Å²) >= 11 is 0. The lowest BCUT2D eigenvalue weighted by Gasteiger charge is -2.33. The monoisotopic (exact) mass is 697 g/mol. The highest BCUT2D eigenvalue weighted by Gasteiger charge is 2.31. The number of amides is 1. The molecule has 2 aliphatic heterocycles. The number of nitrogens with one attached hydrogen (secondary N) is 1. The van der Waals surface area contributed by atoms with Crippen LogP contribution in [0.25, 0.3) is 11.3 Å². The summed E-state index contributed by atoms with van der Waals surface area (Å²) in [5.41, 5.74) is 4.24. The van der Waals surface area contributed by atoms with E-state index in [1.807, 2.05) is 32.0 Å². The van der Waals surface area contributed by atoms with Gasteiger partial charge in [-0.15, -0.1) is 0 Å². The lowest BCUT2D eigenvalue weighted by atomic mass is 9.88. The van der Waals surface area contributed by atoms with Gasteiger partial charge in [0.1, 0.15) is 12.4 Å². The first kappa shape index (κ1) is 35.3. The van der Waals surface area contributed by atoms with Gasteiger partial charge in [-0.2, -0.15) is 4.98 Å². The van der Waals surface area contributed by atoms with Crippen LogP contribution in [0.4, 0.5) is 11.8 Å². The molecule has 4 bridgehead atoms. The summed E-state index contributed by atoms with van der Waals surface area (Å²) in [4.78, 5) is 37.3. The van der Waals surface area contributed by atoms with Gasteiger partial charge in [0.25, 0.3) is 15.9 Å². The summed E-state index contributed by atoms with van der Waals surface area (Å²) in [5.74, 6) is 0.575. The van der Waals surface area contributed by atoms with Crippen LogP contribution < -0.4 is 14.4 Å². The Morgan fingerprint density at radius 1 is 0.980 bits per heavy atom. The summed E-state index contributed by atoms with van der Waals surface area (Å²) in [7, 11) is -4.17. The van der Waals surface area contributed by atoms with E-state index >= 15 is 0 Å². The Morgan fingerprint density at radius 2 is 1.74 bits per heavy atom. The van der Waals surface area contributed by atoms with Crippen LogP contribution in [0.3, 0.4) is 0 Å². The molecular weight excluding hydrogens is 651 g/mol. The molecule has 264 valence electrons. The number of carbonyl (C=O) groups is 1. The molecule has 0 spiro atoms. The SMILES string of the molecule is CC[C@@H]1CCCN1c1cncc(CN2C(=O)c3cccc(c3)S(=O)(=O)Nc3nc(cc(-c4c(C)cccc4C)n3)OC[C@H]2CCC(C)(C)C)n1. The van der Waals surface area contributed by atoms with E-state index in [4.69, 9.17) is 9.72 Å². The van der Waals surface area contributed by atoms with Crippen LogP contribution in [-0.2, 0) is 16.6 Å². The molecule has 2 aliphatic rings. The first-order chi connectivity index (χ1) is 23.8. The van der Waals surface area contributed by atoms with Gasteiger partial charge in [-0.05, 0) is 80.7 Å². The minimum Gasteiger partial charge on any atom is -0.475 e. The topological polar surface area (TPSA) is 131 Å². The van der Waals surface area contributed by atoms with Gasteiger partial charge in [-0.1, -0.05) is 52.0 Å². The van der Waals surface area contributed by atoms with E-state index in [0.29, 0.717) is 23.9 Å². The normalized spacial score (nSPS) is 19.2. The summed E-state index contributed by atoms with van der Waals surface area (Å²) < 4.78 is 36.5. The molecule has 2 aromatic heterocycles. The second-order valence-corrected chi connectivity index (χ2v) is 16.3. The van der Waals surface area contributed by atoms with Crippen LogP contribution >= 0.6 is 0 Å². The molecule has 12 heteroatoms. The minimum absolute atomic E-state index is 0.0178. The van der Waals surface area contributed by atoms with E-state index in [1.165, 1.54) is 12.1 Å². The fourth-order valence-electron chi connectivity index (χ4n) is 6.86. The fourth-order valence-corrected chi connectivity index (χ4v) is 7.84. The van der Waals surface area contributed by atoms with Crippen LogP contribution in [-0.4, -0.2) is 64.4 Å². The van der Waals surface area contributed by atoms with Crippen molar-refractivity contribution in [2.45, 2.75) is 97.2 Å². The zero-order chi connectivity index (χ0) is 35.6. The van der Waals surface area contributed by atoms with Crippen molar-refractivity contribution >= 4 is 27.7 Å². The Labute approximate surface area is 295 Å².